The Morgan fingerprint density at radius 1 is 1.15 bits per heavy atom. The zero-order valence-electron chi connectivity index (χ0n) is 16.1. The molecule has 144 valence electrons. The van der Waals surface area contributed by atoms with Crippen molar-refractivity contribution in [1.82, 2.24) is 9.47 Å². The molecule has 0 aliphatic carbocycles. The van der Waals surface area contributed by atoms with Gasteiger partial charge in [-0.2, -0.15) is 0 Å². The number of aliphatic hydroxyl groups is 1. The standard InChI is InChI=1S/C22H28N2O3/c1-3-24-16(2)9-10-19(22(24)27)21(26)23-13-11-18(12-14-23)20(25)15-17-7-5-4-6-8-17/h4-10,18,20,25H,3,11-15H2,1-2H3/t20-/m0/s1. The van der Waals surface area contributed by atoms with Crippen molar-refractivity contribution in [2.75, 3.05) is 13.1 Å². The van der Waals surface area contributed by atoms with Crippen LogP contribution in [-0.2, 0) is 13.0 Å². The number of hydrogen-bond donors (Lipinski definition) is 1. The molecule has 0 radical (unpaired) electrons. The lowest BCUT2D eigenvalue weighted by atomic mass is 9.88. The van der Waals surface area contributed by atoms with Gasteiger partial charge < -0.3 is 14.6 Å². The van der Waals surface area contributed by atoms with Gasteiger partial charge in [0.25, 0.3) is 11.5 Å². The summed E-state index contributed by atoms with van der Waals surface area (Å²) in [4.78, 5) is 27.1. The fourth-order valence-electron chi connectivity index (χ4n) is 3.91. The summed E-state index contributed by atoms with van der Waals surface area (Å²) in [5.74, 6) is -0.0160. The fraction of sp³-hybridized carbons (Fsp3) is 0.455. The molecule has 1 aliphatic rings. The molecule has 2 heterocycles. The van der Waals surface area contributed by atoms with Gasteiger partial charge in [0, 0.05) is 25.3 Å². The normalized spacial score (nSPS) is 16.3. The summed E-state index contributed by atoms with van der Waals surface area (Å²) in [5, 5.41) is 10.6. The monoisotopic (exact) mass is 368 g/mol. The van der Waals surface area contributed by atoms with Crippen LogP contribution in [0.3, 0.4) is 0 Å². The number of nitrogens with zero attached hydrogens (tertiary/aromatic N) is 2. The molecule has 0 spiro atoms. The lowest BCUT2D eigenvalue weighted by Crippen LogP contribution is -2.43. The second-order valence-electron chi connectivity index (χ2n) is 7.32. The molecular formula is C22H28N2O3. The molecule has 0 unspecified atom stereocenters. The number of aryl methyl sites for hydroxylation is 1. The molecular weight excluding hydrogens is 340 g/mol. The van der Waals surface area contributed by atoms with E-state index in [2.05, 4.69) is 0 Å². The van der Waals surface area contributed by atoms with Crippen LogP contribution in [0.15, 0.2) is 47.3 Å². The number of hydrogen-bond acceptors (Lipinski definition) is 3. The molecule has 1 atom stereocenters. The highest BCUT2D eigenvalue weighted by Crippen LogP contribution is 2.24. The van der Waals surface area contributed by atoms with Crippen molar-refractivity contribution in [1.29, 1.82) is 0 Å². The SMILES string of the molecule is CCn1c(C)ccc(C(=O)N2CCC([C@@H](O)Cc3ccccc3)CC2)c1=O. The zero-order chi connectivity index (χ0) is 19.4. The van der Waals surface area contributed by atoms with Crippen LogP contribution < -0.4 is 5.56 Å². The van der Waals surface area contributed by atoms with Gasteiger partial charge in [0.1, 0.15) is 5.56 Å². The third-order valence-corrected chi connectivity index (χ3v) is 5.60. The van der Waals surface area contributed by atoms with Crippen LogP contribution in [0.5, 0.6) is 0 Å². The van der Waals surface area contributed by atoms with Gasteiger partial charge in [-0.25, -0.2) is 0 Å². The summed E-state index contributed by atoms with van der Waals surface area (Å²) in [6.45, 7) is 5.49. The van der Waals surface area contributed by atoms with Gasteiger partial charge in [-0.3, -0.25) is 9.59 Å². The van der Waals surface area contributed by atoms with Crippen LogP contribution >= 0.6 is 0 Å². The minimum Gasteiger partial charge on any atom is -0.392 e. The molecule has 1 saturated heterocycles. The Balaban J connectivity index is 1.62. The first-order valence-corrected chi connectivity index (χ1v) is 9.73. The maximum atomic E-state index is 12.8. The molecule has 1 aromatic carbocycles. The van der Waals surface area contributed by atoms with E-state index in [1.807, 2.05) is 50.2 Å². The summed E-state index contributed by atoms with van der Waals surface area (Å²) < 4.78 is 1.63. The Morgan fingerprint density at radius 3 is 2.44 bits per heavy atom. The number of aromatic nitrogens is 1. The Morgan fingerprint density at radius 2 is 1.81 bits per heavy atom. The number of carbonyl (C=O) groups is 1. The van der Waals surface area contributed by atoms with E-state index in [-0.39, 0.29) is 22.9 Å². The second-order valence-corrected chi connectivity index (χ2v) is 7.32. The van der Waals surface area contributed by atoms with Crippen LogP contribution in [-0.4, -0.2) is 39.7 Å². The van der Waals surface area contributed by atoms with E-state index in [0.717, 1.165) is 24.1 Å². The van der Waals surface area contributed by atoms with E-state index in [1.165, 1.54) is 0 Å². The van der Waals surface area contributed by atoms with Crippen LogP contribution in [0.25, 0.3) is 0 Å². The molecule has 1 aliphatic heterocycles. The molecule has 1 fully saturated rings. The number of rotatable bonds is 5. The van der Waals surface area contributed by atoms with Gasteiger partial charge in [0.2, 0.25) is 0 Å². The van der Waals surface area contributed by atoms with E-state index >= 15 is 0 Å². The van der Waals surface area contributed by atoms with Crippen LogP contribution in [0.1, 0.15) is 41.4 Å². The number of piperidine rings is 1. The highest BCUT2D eigenvalue weighted by molar-refractivity contribution is 5.94. The van der Waals surface area contributed by atoms with E-state index in [4.69, 9.17) is 0 Å². The lowest BCUT2D eigenvalue weighted by Gasteiger charge is -2.34. The molecule has 2 aromatic rings. The van der Waals surface area contributed by atoms with Crippen LogP contribution in [0.2, 0.25) is 0 Å². The first-order chi connectivity index (χ1) is 13.0. The Labute approximate surface area is 160 Å². The van der Waals surface area contributed by atoms with Gasteiger partial charge >= 0.3 is 0 Å². The topological polar surface area (TPSA) is 62.5 Å². The third-order valence-electron chi connectivity index (χ3n) is 5.60. The molecule has 27 heavy (non-hydrogen) atoms. The van der Waals surface area contributed by atoms with Crippen molar-refractivity contribution < 1.29 is 9.90 Å². The zero-order valence-corrected chi connectivity index (χ0v) is 16.1. The summed E-state index contributed by atoms with van der Waals surface area (Å²) in [6, 6.07) is 13.5. The summed E-state index contributed by atoms with van der Waals surface area (Å²) in [5.41, 5.74) is 2.02. The van der Waals surface area contributed by atoms with Crippen molar-refractivity contribution in [3.63, 3.8) is 0 Å². The molecule has 1 amide bonds. The largest absolute Gasteiger partial charge is 0.392 e. The van der Waals surface area contributed by atoms with Gasteiger partial charge in [-0.15, -0.1) is 0 Å². The van der Waals surface area contributed by atoms with Gasteiger partial charge in [0.05, 0.1) is 6.10 Å². The molecule has 5 heteroatoms. The van der Waals surface area contributed by atoms with E-state index in [0.29, 0.717) is 26.1 Å². The number of pyridine rings is 1. The number of benzene rings is 1. The van der Waals surface area contributed by atoms with Crippen molar-refractivity contribution in [2.45, 2.75) is 45.8 Å². The van der Waals surface area contributed by atoms with Gasteiger partial charge in [-0.1, -0.05) is 30.3 Å². The van der Waals surface area contributed by atoms with Gasteiger partial charge in [-0.05, 0) is 56.7 Å². The quantitative estimate of drug-likeness (QED) is 0.882. The average Bonchev–Trinajstić information content (AvgIpc) is 2.69. The number of amides is 1. The van der Waals surface area contributed by atoms with Crippen LogP contribution in [0, 0.1) is 12.8 Å². The first kappa shape index (κ1) is 19.4. The minimum absolute atomic E-state index is 0.180. The average molecular weight is 368 g/mol. The summed E-state index contributed by atoms with van der Waals surface area (Å²) in [7, 11) is 0. The van der Waals surface area contributed by atoms with Crippen molar-refractivity contribution >= 4 is 5.91 Å². The second kappa shape index (κ2) is 8.53. The number of aliphatic hydroxyl groups excluding tert-OH is 1. The lowest BCUT2D eigenvalue weighted by molar-refractivity contribution is 0.0466. The summed E-state index contributed by atoms with van der Waals surface area (Å²) >= 11 is 0. The smallest absolute Gasteiger partial charge is 0.263 e. The summed E-state index contributed by atoms with van der Waals surface area (Å²) in [6.07, 6.45) is 1.75. The minimum atomic E-state index is -0.402. The highest BCUT2D eigenvalue weighted by Gasteiger charge is 2.29. The maximum Gasteiger partial charge on any atom is 0.263 e. The highest BCUT2D eigenvalue weighted by atomic mass is 16.3. The fourth-order valence-corrected chi connectivity index (χ4v) is 3.91. The first-order valence-electron chi connectivity index (χ1n) is 9.73. The Kier molecular flexibility index (Phi) is 6.11. The van der Waals surface area contributed by atoms with E-state index in [9.17, 15) is 14.7 Å². The number of likely N-dealkylation sites (tertiary alicyclic amines) is 1. The van der Waals surface area contributed by atoms with Gasteiger partial charge in [0.15, 0.2) is 0 Å². The Hall–Kier alpha value is -2.40. The molecule has 5 nitrogen and oxygen atoms in total. The molecule has 0 bridgehead atoms. The molecule has 3 rings (SSSR count). The maximum absolute atomic E-state index is 12.8. The van der Waals surface area contributed by atoms with Crippen molar-refractivity contribution in [3.8, 4) is 0 Å². The van der Waals surface area contributed by atoms with E-state index in [1.54, 1.807) is 15.5 Å². The Bertz CT molecular complexity index is 836. The molecule has 1 aromatic heterocycles. The van der Waals surface area contributed by atoms with Crippen molar-refractivity contribution in [2.24, 2.45) is 5.92 Å². The van der Waals surface area contributed by atoms with Crippen LogP contribution in [0.4, 0.5) is 0 Å². The predicted octanol–water partition coefficient (Wildman–Crippen LogP) is 2.63. The third kappa shape index (κ3) is 4.30. The predicted molar refractivity (Wildman–Crippen MR) is 106 cm³/mol. The van der Waals surface area contributed by atoms with Crippen molar-refractivity contribution in [3.05, 3.63) is 69.6 Å². The molecule has 1 N–H and O–H groups in total. The van der Waals surface area contributed by atoms with E-state index < -0.39 is 6.10 Å². The number of carbonyl (C=O) groups excluding carboxylic acids is 1. The molecule has 0 saturated carbocycles.